The van der Waals surface area contributed by atoms with Crippen molar-refractivity contribution in [1.82, 2.24) is 9.97 Å². The number of alkyl halides is 4. The van der Waals surface area contributed by atoms with Crippen molar-refractivity contribution in [2.24, 2.45) is 0 Å². The van der Waals surface area contributed by atoms with Gasteiger partial charge in [0.2, 0.25) is 6.17 Å². The first-order chi connectivity index (χ1) is 5.41. The maximum absolute atomic E-state index is 12.4. The molecule has 0 saturated heterocycles. The maximum Gasteiger partial charge on any atom is 0.425 e. The van der Waals surface area contributed by atoms with Crippen LogP contribution in [-0.4, -0.2) is 16.1 Å². The second kappa shape index (κ2) is 2.65. The van der Waals surface area contributed by atoms with Crippen LogP contribution in [0.15, 0.2) is 6.20 Å². The summed E-state index contributed by atoms with van der Waals surface area (Å²) in [6.45, 7) is 0. The Bertz CT molecular complexity index is 266. The van der Waals surface area contributed by atoms with E-state index in [2.05, 4.69) is 4.98 Å². The van der Waals surface area contributed by atoms with E-state index in [9.17, 15) is 17.6 Å². The van der Waals surface area contributed by atoms with Crippen molar-refractivity contribution in [1.29, 1.82) is 0 Å². The molecule has 1 atom stereocenters. The molecule has 1 aromatic heterocycles. The highest BCUT2D eigenvalue weighted by atomic mass is 19.4. The van der Waals surface area contributed by atoms with E-state index >= 15 is 0 Å². The van der Waals surface area contributed by atoms with Crippen molar-refractivity contribution >= 4 is 5.95 Å². The molecule has 1 aromatic rings. The molecule has 68 valence electrons. The van der Waals surface area contributed by atoms with Gasteiger partial charge >= 0.3 is 6.18 Å². The van der Waals surface area contributed by atoms with Gasteiger partial charge in [-0.15, -0.1) is 0 Å². The Morgan fingerprint density at radius 1 is 1.50 bits per heavy atom. The van der Waals surface area contributed by atoms with Crippen molar-refractivity contribution < 1.29 is 17.6 Å². The molecule has 0 saturated carbocycles. The van der Waals surface area contributed by atoms with Gasteiger partial charge < -0.3 is 10.7 Å². The highest BCUT2D eigenvalue weighted by Crippen LogP contribution is 2.34. The fourth-order valence-electron chi connectivity index (χ4n) is 0.657. The van der Waals surface area contributed by atoms with Gasteiger partial charge in [0.15, 0.2) is 5.95 Å². The summed E-state index contributed by atoms with van der Waals surface area (Å²) in [5.41, 5.74) is 4.28. The van der Waals surface area contributed by atoms with E-state index in [0.29, 0.717) is 6.20 Å². The van der Waals surface area contributed by atoms with Gasteiger partial charge in [0.25, 0.3) is 0 Å². The minimum atomic E-state index is -4.92. The topological polar surface area (TPSA) is 54.7 Å². The Balaban J connectivity index is 2.85. The maximum atomic E-state index is 12.4. The molecule has 0 aliphatic rings. The minimum absolute atomic E-state index is 0.239. The zero-order valence-corrected chi connectivity index (χ0v) is 5.69. The van der Waals surface area contributed by atoms with Crippen LogP contribution in [-0.2, 0) is 0 Å². The van der Waals surface area contributed by atoms with Crippen LogP contribution < -0.4 is 5.73 Å². The van der Waals surface area contributed by atoms with E-state index in [0.717, 1.165) is 0 Å². The third-order valence-corrected chi connectivity index (χ3v) is 1.18. The van der Waals surface area contributed by atoms with E-state index in [4.69, 9.17) is 5.73 Å². The van der Waals surface area contributed by atoms with Crippen molar-refractivity contribution in [3.8, 4) is 0 Å². The van der Waals surface area contributed by atoms with E-state index in [1.165, 1.54) is 0 Å². The quantitative estimate of drug-likeness (QED) is 0.649. The Morgan fingerprint density at radius 3 is 2.42 bits per heavy atom. The first-order valence-corrected chi connectivity index (χ1v) is 2.92. The molecule has 0 aromatic carbocycles. The fraction of sp³-hybridized carbons (Fsp3) is 0.400. The molecule has 0 aliphatic heterocycles. The molecule has 0 fully saturated rings. The van der Waals surface area contributed by atoms with E-state index in [-0.39, 0.29) is 5.95 Å². The van der Waals surface area contributed by atoms with Gasteiger partial charge in [-0.25, -0.2) is 9.37 Å². The number of aromatic nitrogens is 2. The number of nitrogen functional groups attached to an aromatic ring is 1. The van der Waals surface area contributed by atoms with Gasteiger partial charge in [-0.3, -0.25) is 0 Å². The summed E-state index contributed by atoms with van der Waals surface area (Å²) in [4.78, 5) is 5.19. The van der Waals surface area contributed by atoms with Crippen molar-refractivity contribution in [3.05, 3.63) is 11.9 Å². The predicted molar refractivity (Wildman–Crippen MR) is 32.9 cm³/mol. The van der Waals surface area contributed by atoms with Crippen LogP contribution in [0.3, 0.4) is 0 Å². The number of hydrogen-bond acceptors (Lipinski definition) is 2. The lowest BCUT2D eigenvalue weighted by Gasteiger charge is -2.09. The number of hydrogen-bond donors (Lipinski definition) is 2. The Labute approximate surface area is 64.6 Å². The molecule has 1 rings (SSSR count). The lowest BCUT2D eigenvalue weighted by molar-refractivity contribution is -0.183. The zero-order chi connectivity index (χ0) is 9.35. The van der Waals surface area contributed by atoms with Crippen LogP contribution in [0.4, 0.5) is 23.5 Å². The molecule has 0 spiro atoms. The minimum Gasteiger partial charge on any atom is -0.369 e. The van der Waals surface area contributed by atoms with Gasteiger partial charge in [0.1, 0.15) is 0 Å². The largest absolute Gasteiger partial charge is 0.425 e. The van der Waals surface area contributed by atoms with E-state index < -0.39 is 18.0 Å². The number of rotatable bonds is 1. The summed E-state index contributed by atoms with van der Waals surface area (Å²) in [7, 11) is 0. The van der Waals surface area contributed by atoms with Gasteiger partial charge in [-0.2, -0.15) is 13.2 Å². The molecule has 3 N–H and O–H groups in total. The number of anilines is 1. The molecule has 12 heavy (non-hydrogen) atoms. The Kier molecular flexibility index (Phi) is 1.95. The third-order valence-electron chi connectivity index (χ3n) is 1.18. The number of halogens is 4. The number of nitrogens with two attached hydrogens (primary N) is 1. The number of nitrogens with zero attached hydrogens (tertiary/aromatic N) is 1. The molecule has 7 heteroatoms. The van der Waals surface area contributed by atoms with Crippen LogP contribution in [0.1, 0.15) is 11.9 Å². The molecule has 0 amide bonds. The normalized spacial score (nSPS) is 14.7. The van der Waals surface area contributed by atoms with Crippen molar-refractivity contribution in [3.63, 3.8) is 0 Å². The summed E-state index contributed by atoms with van der Waals surface area (Å²) in [5, 5.41) is 0. The fourth-order valence-corrected chi connectivity index (χ4v) is 0.657. The van der Waals surface area contributed by atoms with Crippen LogP contribution in [0.2, 0.25) is 0 Å². The number of imidazole rings is 1. The van der Waals surface area contributed by atoms with E-state index in [1.807, 2.05) is 4.98 Å². The van der Waals surface area contributed by atoms with Crippen LogP contribution >= 0.6 is 0 Å². The van der Waals surface area contributed by atoms with Crippen LogP contribution in [0.25, 0.3) is 0 Å². The SMILES string of the molecule is Nc1ncc(C(F)C(F)(F)F)[nH]1. The van der Waals surface area contributed by atoms with Gasteiger partial charge in [-0.1, -0.05) is 0 Å². The van der Waals surface area contributed by atoms with Crippen LogP contribution in [0, 0.1) is 0 Å². The molecular formula is C5H5F4N3. The summed E-state index contributed by atoms with van der Waals surface area (Å²) in [5.74, 6) is -0.239. The highest BCUT2D eigenvalue weighted by Gasteiger charge is 2.42. The average Bonchev–Trinajstić information content (AvgIpc) is 2.32. The molecule has 3 nitrogen and oxygen atoms in total. The smallest absolute Gasteiger partial charge is 0.369 e. The second-order valence-electron chi connectivity index (χ2n) is 2.13. The first kappa shape index (κ1) is 8.82. The van der Waals surface area contributed by atoms with Gasteiger partial charge in [0, 0.05) is 0 Å². The van der Waals surface area contributed by atoms with Crippen LogP contribution in [0.5, 0.6) is 0 Å². The summed E-state index contributed by atoms with van der Waals surface area (Å²) in [6.07, 6.45) is -7.26. The van der Waals surface area contributed by atoms with Gasteiger partial charge in [-0.05, 0) is 0 Å². The zero-order valence-electron chi connectivity index (χ0n) is 5.69. The molecule has 0 bridgehead atoms. The molecular weight excluding hydrogens is 178 g/mol. The molecule has 0 radical (unpaired) electrons. The highest BCUT2D eigenvalue weighted by molar-refractivity contribution is 5.20. The molecule has 0 aliphatic carbocycles. The predicted octanol–water partition coefficient (Wildman–Crippen LogP) is 1.56. The van der Waals surface area contributed by atoms with Gasteiger partial charge in [0.05, 0.1) is 11.9 Å². The summed E-state index contributed by atoms with van der Waals surface area (Å²) >= 11 is 0. The van der Waals surface area contributed by atoms with Crippen molar-refractivity contribution in [2.45, 2.75) is 12.3 Å². The number of nitrogens with one attached hydrogen (secondary N) is 1. The second-order valence-corrected chi connectivity index (χ2v) is 2.13. The Morgan fingerprint density at radius 2 is 2.08 bits per heavy atom. The number of H-pyrrole nitrogens is 1. The first-order valence-electron chi connectivity index (χ1n) is 2.92. The number of aromatic amines is 1. The molecule has 1 unspecified atom stereocenters. The third kappa shape index (κ3) is 1.66. The summed E-state index contributed by atoms with van der Waals surface area (Å²) in [6, 6.07) is 0. The molecule has 1 heterocycles. The lowest BCUT2D eigenvalue weighted by Crippen LogP contribution is -2.16. The Hall–Kier alpha value is -1.27. The lowest BCUT2D eigenvalue weighted by atomic mass is 10.3. The van der Waals surface area contributed by atoms with Crippen molar-refractivity contribution in [2.75, 3.05) is 5.73 Å². The monoisotopic (exact) mass is 183 g/mol. The van der Waals surface area contributed by atoms with E-state index in [1.54, 1.807) is 0 Å². The summed E-state index contributed by atoms with van der Waals surface area (Å²) < 4.78 is 47.4. The average molecular weight is 183 g/mol. The standard InChI is InChI=1S/C5H5F4N3/c6-3(5(7,8)9)2-1-11-4(10)12-2/h1,3H,(H3,10,11,12).